The highest BCUT2D eigenvalue weighted by atomic mass is 32.1. The molecule has 2 aliphatic rings. The molecule has 0 radical (unpaired) electrons. The Kier molecular flexibility index (Phi) is 4.24. The zero-order valence-corrected chi connectivity index (χ0v) is 16.9. The quantitative estimate of drug-likeness (QED) is 0.701. The van der Waals surface area contributed by atoms with Crippen molar-refractivity contribution in [3.63, 3.8) is 0 Å². The predicted octanol–water partition coefficient (Wildman–Crippen LogP) is 3.49. The molecule has 3 aromatic rings. The van der Waals surface area contributed by atoms with Crippen LogP contribution in [0.1, 0.15) is 39.0 Å². The number of aromatic nitrogens is 1. The molecule has 0 saturated heterocycles. The number of benzene rings is 1. The Morgan fingerprint density at radius 2 is 2.07 bits per heavy atom. The van der Waals surface area contributed by atoms with E-state index >= 15 is 0 Å². The Bertz CT molecular complexity index is 1110. The summed E-state index contributed by atoms with van der Waals surface area (Å²) < 4.78 is 0. The molecule has 0 fully saturated rings. The zero-order valence-electron chi connectivity index (χ0n) is 16.1. The van der Waals surface area contributed by atoms with Crippen LogP contribution in [0.25, 0.3) is 0 Å². The van der Waals surface area contributed by atoms with Crippen LogP contribution < -0.4 is 10.6 Å². The molecule has 2 aromatic heterocycles. The van der Waals surface area contributed by atoms with Crippen LogP contribution in [0.4, 0.5) is 5.69 Å². The number of nitrogens with one attached hydrogen (secondary N) is 2. The number of anilines is 1. The maximum absolute atomic E-state index is 12.8. The minimum atomic E-state index is -0.581. The third-order valence-electron chi connectivity index (χ3n) is 5.89. The molecule has 1 aromatic carbocycles. The summed E-state index contributed by atoms with van der Waals surface area (Å²) in [5.74, 6) is -0.139. The number of pyridine rings is 1. The van der Waals surface area contributed by atoms with Gasteiger partial charge in [-0.2, -0.15) is 0 Å². The van der Waals surface area contributed by atoms with E-state index in [1.807, 2.05) is 48.7 Å². The minimum absolute atomic E-state index is 0.0232. The number of hydrogen-bond acceptors (Lipinski definition) is 4. The number of nitrogens with zero attached hydrogens (tertiary/aromatic N) is 1. The summed E-state index contributed by atoms with van der Waals surface area (Å²) >= 11 is 1.69. The lowest BCUT2D eigenvalue weighted by Crippen LogP contribution is -2.35. The first-order valence-corrected chi connectivity index (χ1v) is 10.7. The van der Waals surface area contributed by atoms with Gasteiger partial charge in [-0.3, -0.25) is 14.6 Å². The fraction of sp³-hybridized carbons (Fsp3) is 0.261. The number of thiophene rings is 1. The third-order valence-corrected chi connectivity index (χ3v) is 6.79. The second-order valence-electron chi connectivity index (χ2n) is 7.93. The number of carbonyl (C=O) groups is 2. The van der Waals surface area contributed by atoms with E-state index < -0.39 is 5.41 Å². The maximum atomic E-state index is 12.8. The topological polar surface area (TPSA) is 71.1 Å². The van der Waals surface area contributed by atoms with Crippen molar-refractivity contribution in [1.82, 2.24) is 10.3 Å². The Hall–Kier alpha value is -2.99. The summed E-state index contributed by atoms with van der Waals surface area (Å²) in [7, 11) is 0. The van der Waals surface area contributed by atoms with Crippen molar-refractivity contribution in [2.75, 3.05) is 5.32 Å². The van der Waals surface area contributed by atoms with Gasteiger partial charge in [-0.15, -0.1) is 11.3 Å². The van der Waals surface area contributed by atoms with Gasteiger partial charge in [0.1, 0.15) is 5.69 Å². The van der Waals surface area contributed by atoms with Crippen LogP contribution in [0.15, 0.2) is 54.0 Å². The van der Waals surface area contributed by atoms with Crippen LogP contribution in [0.2, 0.25) is 0 Å². The fourth-order valence-corrected chi connectivity index (χ4v) is 5.33. The van der Waals surface area contributed by atoms with E-state index in [1.54, 1.807) is 17.5 Å². The summed E-state index contributed by atoms with van der Waals surface area (Å²) in [5, 5.41) is 8.09. The van der Waals surface area contributed by atoms with Gasteiger partial charge in [0.15, 0.2) is 0 Å². The van der Waals surface area contributed by atoms with Gasteiger partial charge in [0.05, 0.1) is 5.41 Å². The van der Waals surface area contributed by atoms with Gasteiger partial charge in [0.2, 0.25) is 5.91 Å². The Labute approximate surface area is 173 Å². The van der Waals surface area contributed by atoms with Crippen molar-refractivity contribution >= 4 is 28.8 Å². The van der Waals surface area contributed by atoms with Crippen molar-refractivity contribution in [3.05, 3.63) is 81.3 Å². The van der Waals surface area contributed by atoms with Gasteiger partial charge in [-0.05, 0) is 60.0 Å². The summed E-state index contributed by atoms with van der Waals surface area (Å²) in [5.41, 5.74) is 3.83. The van der Waals surface area contributed by atoms with Crippen molar-refractivity contribution in [2.24, 2.45) is 0 Å². The van der Waals surface area contributed by atoms with E-state index in [1.165, 1.54) is 4.88 Å². The van der Waals surface area contributed by atoms with E-state index in [-0.39, 0.29) is 17.9 Å². The molecule has 1 spiro atoms. The highest BCUT2D eigenvalue weighted by Gasteiger charge is 2.50. The summed E-state index contributed by atoms with van der Waals surface area (Å²) in [6.07, 6.45) is 3.78. The second-order valence-corrected chi connectivity index (χ2v) is 8.96. The maximum Gasteiger partial charge on any atom is 0.270 e. The summed E-state index contributed by atoms with van der Waals surface area (Å²) in [6.45, 7) is 2.00. The molecule has 3 heterocycles. The van der Waals surface area contributed by atoms with Gasteiger partial charge in [-0.1, -0.05) is 24.3 Å². The lowest BCUT2D eigenvalue weighted by atomic mass is 9.79. The summed E-state index contributed by atoms with van der Waals surface area (Å²) in [4.78, 5) is 31.2. The monoisotopic (exact) mass is 403 g/mol. The van der Waals surface area contributed by atoms with Gasteiger partial charge in [-0.25, -0.2) is 0 Å². The molecule has 0 bridgehead atoms. The molecule has 2 N–H and O–H groups in total. The average molecular weight is 404 g/mol. The first-order chi connectivity index (χ1) is 14.0. The molecule has 2 atom stereocenters. The number of rotatable bonds is 4. The largest absolute Gasteiger partial charge is 0.348 e. The van der Waals surface area contributed by atoms with Gasteiger partial charge in [0, 0.05) is 29.2 Å². The molecule has 29 heavy (non-hydrogen) atoms. The standard InChI is InChI=1S/C23H21N3O2S/c1-14(9-17-5-4-8-29-17)25-21(27)20-10-15-11-23(12-16(15)13-24-20)18-6-2-3-7-19(18)26-22(23)28/h2-8,10,13-14H,9,11-12H2,1H3,(H,25,27)(H,26,28). The number of para-hydroxylation sites is 1. The van der Waals surface area contributed by atoms with E-state index in [0.29, 0.717) is 18.5 Å². The molecule has 6 heteroatoms. The number of amides is 2. The van der Waals surface area contributed by atoms with Crippen LogP contribution in [-0.2, 0) is 29.5 Å². The smallest absolute Gasteiger partial charge is 0.270 e. The molecular weight excluding hydrogens is 382 g/mol. The summed E-state index contributed by atoms with van der Waals surface area (Å²) in [6, 6.07) is 13.8. The molecule has 5 rings (SSSR count). The van der Waals surface area contributed by atoms with Crippen LogP contribution in [0.3, 0.4) is 0 Å². The van der Waals surface area contributed by atoms with Gasteiger partial charge in [0.25, 0.3) is 5.91 Å². The first kappa shape index (κ1) is 18.1. The van der Waals surface area contributed by atoms with Crippen molar-refractivity contribution in [3.8, 4) is 0 Å². The Morgan fingerprint density at radius 3 is 2.90 bits per heavy atom. The van der Waals surface area contributed by atoms with E-state index in [9.17, 15) is 9.59 Å². The van der Waals surface area contributed by atoms with Crippen LogP contribution in [0.5, 0.6) is 0 Å². The molecule has 2 unspecified atom stereocenters. The van der Waals surface area contributed by atoms with E-state index in [4.69, 9.17) is 0 Å². The molecule has 1 aliphatic carbocycles. The highest BCUT2D eigenvalue weighted by Crippen LogP contribution is 2.47. The number of hydrogen-bond donors (Lipinski definition) is 2. The molecule has 0 saturated carbocycles. The SMILES string of the molecule is CC(Cc1cccs1)NC(=O)c1cc2c(cn1)CC1(C2)C(=O)Nc2ccccc21. The van der Waals surface area contributed by atoms with Crippen molar-refractivity contribution in [2.45, 2.75) is 37.6 Å². The molecular formula is C23H21N3O2S. The third kappa shape index (κ3) is 3.04. The molecule has 5 nitrogen and oxygen atoms in total. The second kappa shape index (κ2) is 6.81. The van der Waals surface area contributed by atoms with Gasteiger partial charge < -0.3 is 10.6 Å². The number of carbonyl (C=O) groups excluding carboxylic acids is 2. The Morgan fingerprint density at radius 1 is 1.24 bits per heavy atom. The van der Waals surface area contributed by atoms with Crippen LogP contribution in [-0.4, -0.2) is 22.8 Å². The fourth-order valence-electron chi connectivity index (χ4n) is 4.49. The molecule has 146 valence electrons. The lowest BCUT2D eigenvalue weighted by Gasteiger charge is -2.20. The zero-order chi connectivity index (χ0) is 20.0. The highest BCUT2D eigenvalue weighted by molar-refractivity contribution is 7.09. The van der Waals surface area contributed by atoms with Crippen molar-refractivity contribution < 1.29 is 9.59 Å². The van der Waals surface area contributed by atoms with Crippen LogP contribution >= 0.6 is 11.3 Å². The molecule has 1 aliphatic heterocycles. The van der Waals surface area contributed by atoms with E-state index in [0.717, 1.165) is 28.8 Å². The minimum Gasteiger partial charge on any atom is -0.348 e. The van der Waals surface area contributed by atoms with E-state index in [2.05, 4.69) is 21.7 Å². The Balaban J connectivity index is 1.36. The lowest BCUT2D eigenvalue weighted by molar-refractivity contribution is -0.120. The molecule has 2 amide bonds. The van der Waals surface area contributed by atoms with Gasteiger partial charge >= 0.3 is 0 Å². The van der Waals surface area contributed by atoms with Crippen LogP contribution in [0, 0.1) is 0 Å². The number of fused-ring (bicyclic) bond motifs is 3. The average Bonchev–Trinajstić information content (AvgIpc) is 3.40. The predicted molar refractivity (Wildman–Crippen MR) is 113 cm³/mol. The normalized spacial score (nSPS) is 20.2. The first-order valence-electron chi connectivity index (χ1n) is 9.77. The van der Waals surface area contributed by atoms with Crippen molar-refractivity contribution in [1.29, 1.82) is 0 Å².